The van der Waals surface area contributed by atoms with E-state index in [0.717, 1.165) is 48.1 Å². The largest absolute Gasteiger partial charge is 0.483 e. The highest BCUT2D eigenvalue weighted by Gasteiger charge is 2.45. The zero-order chi connectivity index (χ0) is 17.7. The minimum Gasteiger partial charge on any atom is -0.483 e. The fourth-order valence-electron chi connectivity index (χ4n) is 3.99. The quantitative estimate of drug-likeness (QED) is 0.768. The maximum absolute atomic E-state index is 6.54. The molecule has 1 saturated carbocycles. The summed E-state index contributed by atoms with van der Waals surface area (Å²) in [5.74, 6) is 2.29. The van der Waals surface area contributed by atoms with Crippen molar-refractivity contribution in [1.82, 2.24) is 9.97 Å². The molecule has 25 heavy (non-hydrogen) atoms. The van der Waals surface area contributed by atoms with Gasteiger partial charge in [-0.3, -0.25) is 0 Å². The van der Waals surface area contributed by atoms with E-state index in [1.165, 1.54) is 12.0 Å². The van der Waals surface area contributed by atoms with Crippen molar-refractivity contribution in [3.05, 3.63) is 28.9 Å². The van der Waals surface area contributed by atoms with Gasteiger partial charge in [-0.05, 0) is 49.5 Å². The number of fused-ring (bicyclic) bond motifs is 1. The van der Waals surface area contributed by atoms with Crippen molar-refractivity contribution < 1.29 is 4.74 Å². The van der Waals surface area contributed by atoms with Gasteiger partial charge in [-0.2, -0.15) is 0 Å². The summed E-state index contributed by atoms with van der Waals surface area (Å²) in [6.45, 7) is 9.09. The van der Waals surface area contributed by atoms with E-state index in [2.05, 4.69) is 44.1 Å². The summed E-state index contributed by atoms with van der Waals surface area (Å²) in [6.07, 6.45) is 7.48. The molecule has 4 rings (SSSR count). The lowest BCUT2D eigenvalue weighted by molar-refractivity contribution is -0.0314. The zero-order valence-corrected chi connectivity index (χ0v) is 16.4. The molecule has 1 spiro atoms. The van der Waals surface area contributed by atoms with Crippen LogP contribution < -0.4 is 10.1 Å². The summed E-state index contributed by atoms with van der Waals surface area (Å²) in [4.78, 5) is 9.30. The molecule has 2 aliphatic rings. The van der Waals surface area contributed by atoms with Crippen molar-refractivity contribution in [2.45, 2.75) is 71.3 Å². The van der Waals surface area contributed by atoms with E-state index in [0.29, 0.717) is 5.92 Å². The summed E-state index contributed by atoms with van der Waals surface area (Å²) in [6, 6.07) is 2.27. The van der Waals surface area contributed by atoms with Crippen LogP contribution in [0.4, 0.5) is 10.9 Å². The van der Waals surface area contributed by atoms with Gasteiger partial charge in [0.05, 0.1) is 0 Å². The fraction of sp³-hybridized carbons (Fsp3) is 0.600. The molecule has 0 unspecified atom stereocenters. The fourth-order valence-corrected chi connectivity index (χ4v) is 4.52. The van der Waals surface area contributed by atoms with Gasteiger partial charge in [0.15, 0.2) is 16.7 Å². The van der Waals surface area contributed by atoms with Gasteiger partial charge in [0.2, 0.25) is 0 Å². The highest BCUT2D eigenvalue weighted by atomic mass is 32.1. The predicted molar refractivity (Wildman–Crippen MR) is 103 cm³/mol. The summed E-state index contributed by atoms with van der Waals surface area (Å²) in [5, 5.41) is 6.26. The van der Waals surface area contributed by atoms with E-state index >= 15 is 0 Å². The summed E-state index contributed by atoms with van der Waals surface area (Å²) in [5.41, 5.74) is 2.67. The van der Waals surface area contributed by atoms with Crippen LogP contribution in [0.15, 0.2) is 17.6 Å². The van der Waals surface area contributed by atoms with Crippen LogP contribution in [0.1, 0.15) is 70.6 Å². The molecule has 134 valence electrons. The molecule has 1 atom stereocenters. The molecule has 5 heteroatoms. The maximum Gasteiger partial charge on any atom is 0.188 e. The van der Waals surface area contributed by atoms with Crippen LogP contribution in [0.2, 0.25) is 0 Å². The van der Waals surface area contributed by atoms with Crippen LogP contribution in [-0.2, 0) is 6.42 Å². The molecule has 4 nitrogen and oxygen atoms in total. The lowest BCUT2D eigenvalue weighted by Crippen LogP contribution is -2.46. The van der Waals surface area contributed by atoms with Gasteiger partial charge in [0.25, 0.3) is 0 Å². The Labute approximate surface area is 154 Å². The van der Waals surface area contributed by atoms with E-state index in [1.54, 1.807) is 11.3 Å². The van der Waals surface area contributed by atoms with Crippen LogP contribution in [0.5, 0.6) is 5.75 Å². The predicted octanol–water partition coefficient (Wildman–Crippen LogP) is 5.68. The highest BCUT2D eigenvalue weighted by Crippen LogP contribution is 2.52. The first-order chi connectivity index (χ1) is 11.8. The Hall–Kier alpha value is -1.62. The first-order valence-corrected chi connectivity index (χ1v) is 10.1. The smallest absolute Gasteiger partial charge is 0.188 e. The topological polar surface area (TPSA) is 47.0 Å². The minimum atomic E-state index is 0.0406. The molecule has 1 aliphatic heterocycles. The normalized spacial score (nSPS) is 21.4. The molecule has 1 fully saturated rings. The number of nitrogens with zero attached hydrogens (tertiary/aromatic N) is 2. The van der Waals surface area contributed by atoms with Crippen molar-refractivity contribution >= 4 is 22.3 Å². The molecule has 0 aromatic carbocycles. The first kappa shape index (κ1) is 16.8. The van der Waals surface area contributed by atoms with Crippen molar-refractivity contribution in [3.8, 4) is 5.75 Å². The monoisotopic (exact) mass is 357 g/mol. The second-order valence-electron chi connectivity index (χ2n) is 8.82. The van der Waals surface area contributed by atoms with Crippen LogP contribution in [-0.4, -0.2) is 15.6 Å². The molecule has 2 aromatic heterocycles. The average molecular weight is 358 g/mol. The second-order valence-corrected chi connectivity index (χ2v) is 9.72. The van der Waals surface area contributed by atoms with Crippen molar-refractivity contribution in [2.75, 3.05) is 5.32 Å². The van der Waals surface area contributed by atoms with Gasteiger partial charge in [-0.15, -0.1) is 11.3 Å². The molecule has 2 aromatic rings. The van der Waals surface area contributed by atoms with E-state index in [-0.39, 0.29) is 11.0 Å². The molecular formula is C20H27N3OS. The SMILES string of the molecule is C[C@H]1CC2(CCC2)Oc2c1cc(CC(C)(C)C)nc2Nc1nccs1. The van der Waals surface area contributed by atoms with Gasteiger partial charge in [0, 0.05) is 22.8 Å². The number of pyridine rings is 1. The van der Waals surface area contributed by atoms with Crippen molar-refractivity contribution in [2.24, 2.45) is 5.41 Å². The number of ether oxygens (including phenoxy) is 1. The number of hydrogen-bond acceptors (Lipinski definition) is 5. The summed E-state index contributed by atoms with van der Waals surface area (Å²) < 4.78 is 6.54. The van der Waals surface area contributed by atoms with E-state index < -0.39 is 0 Å². The molecule has 0 saturated heterocycles. The number of rotatable bonds is 3. The number of thiazole rings is 1. The molecule has 1 aliphatic carbocycles. The van der Waals surface area contributed by atoms with Crippen LogP contribution in [0.3, 0.4) is 0 Å². The van der Waals surface area contributed by atoms with Crippen LogP contribution in [0, 0.1) is 5.41 Å². The van der Waals surface area contributed by atoms with Crippen molar-refractivity contribution in [3.63, 3.8) is 0 Å². The van der Waals surface area contributed by atoms with E-state index in [9.17, 15) is 0 Å². The Balaban J connectivity index is 1.76. The third-order valence-corrected chi connectivity index (χ3v) is 5.90. The highest BCUT2D eigenvalue weighted by molar-refractivity contribution is 7.13. The summed E-state index contributed by atoms with van der Waals surface area (Å²) in [7, 11) is 0. The molecule has 0 bridgehead atoms. The molecular weight excluding hydrogens is 330 g/mol. The Bertz CT molecular complexity index is 760. The van der Waals surface area contributed by atoms with Crippen LogP contribution in [0.25, 0.3) is 0 Å². The third kappa shape index (κ3) is 3.39. The number of nitrogens with one attached hydrogen (secondary N) is 1. The van der Waals surface area contributed by atoms with Gasteiger partial charge < -0.3 is 10.1 Å². The van der Waals surface area contributed by atoms with Gasteiger partial charge in [0.1, 0.15) is 5.60 Å². The molecule has 0 radical (unpaired) electrons. The molecule has 1 N–H and O–H groups in total. The zero-order valence-electron chi connectivity index (χ0n) is 15.6. The van der Waals surface area contributed by atoms with Gasteiger partial charge in [-0.1, -0.05) is 27.7 Å². The van der Waals surface area contributed by atoms with E-state index in [1.807, 2.05) is 11.6 Å². The lowest BCUT2D eigenvalue weighted by atomic mass is 9.71. The third-order valence-electron chi connectivity index (χ3n) is 5.22. The Morgan fingerprint density at radius 3 is 2.76 bits per heavy atom. The maximum atomic E-state index is 6.54. The van der Waals surface area contributed by atoms with Crippen molar-refractivity contribution in [1.29, 1.82) is 0 Å². The first-order valence-electron chi connectivity index (χ1n) is 9.23. The second kappa shape index (κ2) is 5.97. The Morgan fingerprint density at radius 2 is 2.16 bits per heavy atom. The minimum absolute atomic E-state index is 0.0406. The number of hydrogen-bond donors (Lipinski definition) is 1. The summed E-state index contributed by atoms with van der Waals surface area (Å²) >= 11 is 1.59. The molecule has 3 heterocycles. The number of aromatic nitrogens is 2. The lowest BCUT2D eigenvalue weighted by Gasteiger charge is -2.47. The van der Waals surface area contributed by atoms with E-state index in [4.69, 9.17) is 9.72 Å². The standard InChI is InChI=1S/C20H27N3OS/c1-13-11-20(6-5-7-20)24-16-15(13)10-14(12-19(2,3)4)22-17(16)23-18-21-8-9-25-18/h8-10,13H,5-7,11-12H2,1-4H3,(H,21,22,23)/t13-/m0/s1. The van der Waals surface area contributed by atoms with Gasteiger partial charge >= 0.3 is 0 Å². The number of anilines is 2. The molecule has 0 amide bonds. The van der Waals surface area contributed by atoms with Crippen LogP contribution >= 0.6 is 11.3 Å². The Kier molecular flexibility index (Phi) is 4.02. The Morgan fingerprint density at radius 1 is 1.36 bits per heavy atom. The van der Waals surface area contributed by atoms with Gasteiger partial charge in [-0.25, -0.2) is 9.97 Å². The average Bonchev–Trinajstić information content (AvgIpc) is 2.98.